The van der Waals surface area contributed by atoms with Gasteiger partial charge >= 0.3 is 0 Å². The van der Waals surface area contributed by atoms with Crippen LogP contribution in [0.1, 0.15) is 18.1 Å². The summed E-state index contributed by atoms with van der Waals surface area (Å²) in [6.07, 6.45) is 1.65. The smallest absolute Gasteiger partial charge is 0.258 e. The Hall–Kier alpha value is -2.56. The van der Waals surface area contributed by atoms with E-state index in [1.807, 2.05) is 19.1 Å². The number of carbonyl (C=O) groups is 1. The molecule has 0 saturated heterocycles. The highest BCUT2D eigenvalue weighted by Gasteiger charge is 2.14. The lowest BCUT2D eigenvalue weighted by molar-refractivity contribution is -0.123. The minimum atomic E-state index is -0.473. The first-order valence-corrected chi connectivity index (χ1v) is 8.03. The third-order valence-corrected chi connectivity index (χ3v) is 3.90. The second-order valence-corrected chi connectivity index (χ2v) is 5.93. The van der Waals surface area contributed by atoms with Crippen molar-refractivity contribution in [3.05, 3.63) is 59.4 Å². The molecule has 1 N–H and O–H groups in total. The molecule has 0 spiro atoms. The van der Waals surface area contributed by atoms with Crippen LogP contribution in [0.3, 0.4) is 0 Å². The molecule has 1 aliphatic heterocycles. The summed E-state index contributed by atoms with van der Waals surface area (Å²) >= 11 is 0. The van der Waals surface area contributed by atoms with Gasteiger partial charge in [0.25, 0.3) is 5.91 Å². The summed E-state index contributed by atoms with van der Waals surface area (Å²) in [6.45, 7) is 2.46. The first kappa shape index (κ1) is 16.3. The molecular formula is C19H20FNO3. The molecule has 1 amide bonds. The molecule has 0 fully saturated rings. The van der Waals surface area contributed by atoms with Crippen LogP contribution in [-0.4, -0.2) is 25.2 Å². The predicted molar refractivity (Wildman–Crippen MR) is 88.8 cm³/mol. The summed E-state index contributed by atoms with van der Waals surface area (Å²) in [5.74, 6) is 0.293. The van der Waals surface area contributed by atoms with Crippen LogP contribution in [0.4, 0.5) is 4.39 Å². The van der Waals surface area contributed by atoms with Gasteiger partial charge in [-0.15, -0.1) is 0 Å². The highest BCUT2D eigenvalue weighted by atomic mass is 19.1. The topological polar surface area (TPSA) is 47.6 Å². The van der Waals surface area contributed by atoms with Crippen molar-refractivity contribution in [2.75, 3.05) is 13.2 Å². The van der Waals surface area contributed by atoms with Crippen LogP contribution >= 0.6 is 0 Å². The molecule has 2 aromatic rings. The molecule has 126 valence electrons. The normalized spacial score (nSPS) is 13.8. The Morgan fingerprint density at radius 2 is 2.17 bits per heavy atom. The fourth-order valence-electron chi connectivity index (χ4n) is 2.79. The summed E-state index contributed by atoms with van der Waals surface area (Å²) < 4.78 is 24.1. The van der Waals surface area contributed by atoms with Gasteiger partial charge < -0.3 is 14.8 Å². The molecule has 0 aromatic heterocycles. The van der Waals surface area contributed by atoms with Gasteiger partial charge in [-0.25, -0.2) is 4.39 Å². The third kappa shape index (κ3) is 4.04. The van der Waals surface area contributed by atoms with Crippen LogP contribution < -0.4 is 14.8 Å². The molecule has 1 heterocycles. The van der Waals surface area contributed by atoms with E-state index in [2.05, 4.69) is 11.4 Å². The van der Waals surface area contributed by atoms with Gasteiger partial charge in [-0.3, -0.25) is 4.79 Å². The summed E-state index contributed by atoms with van der Waals surface area (Å²) in [5.41, 5.74) is 2.37. The van der Waals surface area contributed by atoms with Gasteiger partial charge in [-0.05, 0) is 42.7 Å². The van der Waals surface area contributed by atoms with Crippen LogP contribution in [0.25, 0.3) is 0 Å². The van der Waals surface area contributed by atoms with E-state index in [-0.39, 0.29) is 24.3 Å². The van der Waals surface area contributed by atoms with Crippen LogP contribution in [-0.2, 0) is 17.6 Å². The number of amides is 1. The first-order valence-electron chi connectivity index (χ1n) is 8.03. The highest BCUT2D eigenvalue weighted by Crippen LogP contribution is 2.26. The van der Waals surface area contributed by atoms with Crippen molar-refractivity contribution >= 4 is 5.91 Å². The van der Waals surface area contributed by atoms with Gasteiger partial charge in [0.1, 0.15) is 5.75 Å². The Balaban J connectivity index is 1.48. The van der Waals surface area contributed by atoms with Gasteiger partial charge in [-0.1, -0.05) is 24.3 Å². The lowest BCUT2D eigenvalue weighted by atomic mass is 10.0. The van der Waals surface area contributed by atoms with Crippen molar-refractivity contribution < 1.29 is 18.7 Å². The molecule has 5 heteroatoms. The Morgan fingerprint density at radius 1 is 1.33 bits per heavy atom. The van der Waals surface area contributed by atoms with Crippen LogP contribution in [0, 0.1) is 5.82 Å². The van der Waals surface area contributed by atoms with E-state index in [0.717, 1.165) is 30.8 Å². The molecule has 0 saturated carbocycles. The number of ether oxygens (including phenoxy) is 2. The van der Waals surface area contributed by atoms with Gasteiger partial charge in [0.2, 0.25) is 0 Å². The molecule has 2 aromatic carbocycles. The fourth-order valence-corrected chi connectivity index (χ4v) is 2.79. The van der Waals surface area contributed by atoms with Crippen LogP contribution in [0.2, 0.25) is 0 Å². The minimum absolute atomic E-state index is 0.0397. The van der Waals surface area contributed by atoms with Crippen molar-refractivity contribution in [1.29, 1.82) is 0 Å². The molecule has 3 rings (SSSR count). The lowest BCUT2D eigenvalue weighted by Gasteiger charge is -2.15. The van der Waals surface area contributed by atoms with Crippen molar-refractivity contribution in [1.82, 2.24) is 5.32 Å². The minimum Gasteiger partial charge on any atom is -0.493 e. The van der Waals surface area contributed by atoms with Crippen molar-refractivity contribution in [3.63, 3.8) is 0 Å². The maximum atomic E-state index is 13.4. The number of hydrogen-bond acceptors (Lipinski definition) is 3. The number of nitrogens with one attached hydrogen (secondary N) is 1. The summed E-state index contributed by atoms with van der Waals surface area (Å²) in [7, 11) is 0. The molecule has 24 heavy (non-hydrogen) atoms. The quantitative estimate of drug-likeness (QED) is 0.886. The molecule has 4 nitrogen and oxygen atoms in total. The van der Waals surface area contributed by atoms with Crippen molar-refractivity contribution in [3.8, 4) is 11.5 Å². The maximum Gasteiger partial charge on any atom is 0.258 e. The Labute approximate surface area is 140 Å². The number of carbonyl (C=O) groups excluding carboxylic acids is 1. The van der Waals surface area contributed by atoms with Gasteiger partial charge in [0.05, 0.1) is 6.61 Å². The van der Waals surface area contributed by atoms with Crippen molar-refractivity contribution in [2.24, 2.45) is 0 Å². The second kappa shape index (κ2) is 7.34. The lowest BCUT2D eigenvalue weighted by Crippen LogP contribution is -2.37. The SMILES string of the molecule is C[C@@H](Cc1ccc2c(c1)CCO2)NC(=O)COc1ccccc1F. The Bertz CT molecular complexity index is 732. The van der Waals surface area contributed by atoms with E-state index in [9.17, 15) is 9.18 Å². The van der Waals surface area contributed by atoms with E-state index in [4.69, 9.17) is 9.47 Å². The molecule has 0 aliphatic carbocycles. The predicted octanol–water partition coefficient (Wildman–Crippen LogP) is 2.89. The molecule has 1 atom stereocenters. The van der Waals surface area contributed by atoms with E-state index in [1.165, 1.54) is 17.7 Å². The van der Waals surface area contributed by atoms with E-state index in [1.54, 1.807) is 12.1 Å². The van der Waals surface area contributed by atoms with E-state index < -0.39 is 5.82 Å². The second-order valence-electron chi connectivity index (χ2n) is 5.93. The summed E-state index contributed by atoms with van der Waals surface area (Å²) in [4.78, 5) is 11.9. The molecule has 0 unspecified atom stereocenters. The van der Waals surface area contributed by atoms with Gasteiger partial charge in [0, 0.05) is 12.5 Å². The van der Waals surface area contributed by atoms with Crippen LogP contribution in [0.15, 0.2) is 42.5 Å². The first-order chi connectivity index (χ1) is 11.6. The van der Waals surface area contributed by atoms with Crippen molar-refractivity contribution in [2.45, 2.75) is 25.8 Å². The zero-order chi connectivity index (χ0) is 16.9. The maximum absolute atomic E-state index is 13.4. The summed E-state index contributed by atoms with van der Waals surface area (Å²) in [6, 6.07) is 12.1. The van der Waals surface area contributed by atoms with E-state index >= 15 is 0 Å². The highest BCUT2D eigenvalue weighted by molar-refractivity contribution is 5.77. The number of benzene rings is 2. The monoisotopic (exact) mass is 329 g/mol. The summed E-state index contributed by atoms with van der Waals surface area (Å²) in [5, 5.41) is 2.87. The zero-order valence-corrected chi connectivity index (χ0v) is 13.5. The largest absolute Gasteiger partial charge is 0.493 e. The van der Waals surface area contributed by atoms with E-state index in [0.29, 0.717) is 0 Å². The number of halogens is 1. The molecule has 0 bridgehead atoms. The van der Waals surface area contributed by atoms with Crippen LogP contribution in [0.5, 0.6) is 11.5 Å². The van der Waals surface area contributed by atoms with Gasteiger partial charge in [-0.2, -0.15) is 0 Å². The number of hydrogen-bond donors (Lipinski definition) is 1. The molecule has 0 radical (unpaired) electrons. The fraction of sp³-hybridized carbons (Fsp3) is 0.316. The standard InChI is InChI=1S/C19H20FNO3/c1-13(10-14-6-7-17-15(11-14)8-9-23-17)21-19(22)12-24-18-5-3-2-4-16(18)20/h2-7,11,13H,8-10,12H2,1H3,(H,21,22)/t13-/m0/s1. The molecule has 1 aliphatic rings. The average Bonchev–Trinajstić information content (AvgIpc) is 3.01. The number of para-hydroxylation sites is 1. The average molecular weight is 329 g/mol. The van der Waals surface area contributed by atoms with Gasteiger partial charge in [0.15, 0.2) is 18.2 Å². The Kier molecular flexibility index (Phi) is 4.99. The molecular weight excluding hydrogens is 309 g/mol. The third-order valence-electron chi connectivity index (χ3n) is 3.90. The Morgan fingerprint density at radius 3 is 3.00 bits per heavy atom. The number of rotatable bonds is 6. The number of fused-ring (bicyclic) bond motifs is 1. The zero-order valence-electron chi connectivity index (χ0n) is 13.5.